The van der Waals surface area contributed by atoms with Crippen LogP contribution in [0.4, 0.5) is 0 Å². The molecule has 0 saturated heterocycles. The summed E-state index contributed by atoms with van der Waals surface area (Å²) < 4.78 is 2.62. The third kappa shape index (κ3) is 6.59. The number of rotatable bonds is 11. The molecule has 0 aromatic heterocycles. The molecule has 3 heteroatoms. The minimum absolute atomic E-state index is 0. The first-order chi connectivity index (χ1) is 8.57. The van der Waals surface area contributed by atoms with Crippen LogP contribution in [0.3, 0.4) is 0 Å². The SMILES string of the molecule is CC[N+](CC)(CC)CCCC[N+](CC)(CC)CC.[Br-]. The van der Waals surface area contributed by atoms with Gasteiger partial charge in [-0.3, -0.25) is 0 Å². The molecule has 2 nitrogen and oxygen atoms in total. The van der Waals surface area contributed by atoms with Gasteiger partial charge in [-0.25, -0.2) is 0 Å². The number of nitrogens with zero attached hydrogens (tertiary/aromatic N) is 2. The molecule has 0 aliphatic heterocycles. The van der Waals surface area contributed by atoms with Gasteiger partial charge in [0.25, 0.3) is 0 Å². The van der Waals surface area contributed by atoms with E-state index in [-0.39, 0.29) is 17.0 Å². The molecule has 0 fully saturated rings. The largest absolute Gasteiger partial charge is 1.00 e. The molecular weight excluding hydrogens is 300 g/mol. The molecule has 0 radical (unpaired) electrons. The Morgan fingerprint density at radius 2 is 0.684 bits per heavy atom. The van der Waals surface area contributed by atoms with Crippen molar-refractivity contribution in [3.05, 3.63) is 0 Å². The Labute approximate surface area is 133 Å². The molecule has 0 saturated carbocycles. The van der Waals surface area contributed by atoms with Gasteiger partial charge in [-0.1, -0.05) is 0 Å². The number of unbranched alkanes of at least 4 members (excludes halogenated alkanes) is 1. The standard InChI is InChI=1S/C16H38N2.BrH/c1-7-17(8-2,9-3)15-13-14-16-18(10-4,11-5)12-6;/h7-16H2,1-6H3;1H/q+2;/p-1. The van der Waals surface area contributed by atoms with Crippen LogP contribution < -0.4 is 17.0 Å². The second-order valence-corrected chi connectivity index (χ2v) is 5.73. The monoisotopic (exact) mass is 337 g/mol. The smallest absolute Gasteiger partial charge is 0.0788 e. The average molecular weight is 338 g/mol. The fourth-order valence-electron chi connectivity index (χ4n) is 3.18. The molecule has 0 rings (SSSR count). The topological polar surface area (TPSA) is 0 Å². The lowest BCUT2D eigenvalue weighted by Crippen LogP contribution is -3.00. The molecule has 0 heterocycles. The Hall–Kier alpha value is 0.400. The molecule has 0 unspecified atom stereocenters. The van der Waals surface area contributed by atoms with Crippen molar-refractivity contribution in [2.75, 3.05) is 52.4 Å². The lowest BCUT2D eigenvalue weighted by molar-refractivity contribution is -0.929. The lowest BCUT2D eigenvalue weighted by atomic mass is 10.2. The Kier molecular flexibility index (Phi) is 12.7. The van der Waals surface area contributed by atoms with Gasteiger partial charge in [0.2, 0.25) is 0 Å². The van der Waals surface area contributed by atoms with E-state index in [1.165, 1.54) is 74.2 Å². The van der Waals surface area contributed by atoms with Crippen LogP contribution in [0.5, 0.6) is 0 Å². The van der Waals surface area contributed by atoms with Crippen molar-refractivity contribution < 1.29 is 25.9 Å². The third-order valence-electron chi connectivity index (χ3n) is 5.54. The first-order valence-electron chi connectivity index (χ1n) is 8.27. The quantitative estimate of drug-likeness (QED) is 0.381. The highest BCUT2D eigenvalue weighted by Crippen LogP contribution is 2.12. The van der Waals surface area contributed by atoms with Crippen LogP contribution in [0.25, 0.3) is 0 Å². The minimum Gasteiger partial charge on any atom is -1.00 e. The van der Waals surface area contributed by atoms with Crippen molar-refractivity contribution in [1.82, 2.24) is 0 Å². The van der Waals surface area contributed by atoms with Crippen LogP contribution in [-0.2, 0) is 0 Å². The Morgan fingerprint density at radius 1 is 0.474 bits per heavy atom. The first kappa shape index (κ1) is 21.7. The summed E-state index contributed by atoms with van der Waals surface area (Å²) in [5.74, 6) is 0. The molecule has 0 aromatic rings. The normalized spacial score (nSPS) is 12.3. The van der Waals surface area contributed by atoms with Crippen molar-refractivity contribution in [3.8, 4) is 0 Å². The van der Waals surface area contributed by atoms with Crippen molar-refractivity contribution in [2.45, 2.75) is 54.4 Å². The number of hydrogen-bond acceptors (Lipinski definition) is 0. The van der Waals surface area contributed by atoms with Gasteiger partial charge in [0, 0.05) is 12.8 Å². The maximum atomic E-state index is 2.34. The van der Waals surface area contributed by atoms with Crippen LogP contribution in [0.1, 0.15) is 54.4 Å². The van der Waals surface area contributed by atoms with Crippen molar-refractivity contribution in [2.24, 2.45) is 0 Å². The predicted molar refractivity (Wildman–Crippen MR) is 82.7 cm³/mol. The molecular formula is C16H38BrN2+. The summed E-state index contributed by atoms with van der Waals surface area (Å²) >= 11 is 0. The lowest BCUT2D eigenvalue weighted by Gasteiger charge is -2.38. The summed E-state index contributed by atoms with van der Waals surface area (Å²) in [6, 6.07) is 0. The van der Waals surface area contributed by atoms with E-state index in [1.54, 1.807) is 0 Å². The number of halogens is 1. The van der Waals surface area contributed by atoms with E-state index in [2.05, 4.69) is 41.5 Å². The van der Waals surface area contributed by atoms with Crippen LogP contribution in [0, 0.1) is 0 Å². The Balaban J connectivity index is 0. The van der Waals surface area contributed by atoms with E-state index in [0.717, 1.165) is 0 Å². The molecule has 19 heavy (non-hydrogen) atoms. The van der Waals surface area contributed by atoms with Crippen molar-refractivity contribution >= 4 is 0 Å². The second kappa shape index (κ2) is 11.1. The molecule has 118 valence electrons. The number of hydrogen-bond donors (Lipinski definition) is 0. The van der Waals surface area contributed by atoms with E-state index in [4.69, 9.17) is 0 Å². The molecule has 0 bridgehead atoms. The summed E-state index contributed by atoms with van der Waals surface area (Å²) in [6.07, 6.45) is 2.80. The van der Waals surface area contributed by atoms with Gasteiger partial charge in [0.1, 0.15) is 0 Å². The van der Waals surface area contributed by atoms with Crippen LogP contribution in [0.15, 0.2) is 0 Å². The maximum Gasteiger partial charge on any atom is 0.0788 e. The summed E-state index contributed by atoms with van der Waals surface area (Å²) in [7, 11) is 0. The summed E-state index contributed by atoms with van der Waals surface area (Å²) in [5.41, 5.74) is 0. The van der Waals surface area contributed by atoms with E-state index in [0.29, 0.717) is 0 Å². The fourth-order valence-corrected chi connectivity index (χ4v) is 3.18. The van der Waals surface area contributed by atoms with E-state index in [1.807, 2.05) is 0 Å². The van der Waals surface area contributed by atoms with Gasteiger partial charge < -0.3 is 25.9 Å². The van der Waals surface area contributed by atoms with Crippen LogP contribution >= 0.6 is 0 Å². The van der Waals surface area contributed by atoms with E-state index >= 15 is 0 Å². The van der Waals surface area contributed by atoms with Crippen molar-refractivity contribution in [3.63, 3.8) is 0 Å². The highest BCUT2D eigenvalue weighted by molar-refractivity contribution is 4.45. The molecule has 0 aromatic carbocycles. The van der Waals surface area contributed by atoms with Crippen LogP contribution in [-0.4, -0.2) is 61.3 Å². The molecule has 0 N–H and O–H groups in total. The predicted octanol–water partition coefficient (Wildman–Crippen LogP) is 0.524. The van der Waals surface area contributed by atoms with Gasteiger partial charge in [-0.05, 0) is 41.5 Å². The highest BCUT2D eigenvalue weighted by atomic mass is 79.9. The van der Waals surface area contributed by atoms with Gasteiger partial charge >= 0.3 is 0 Å². The fraction of sp³-hybridized carbons (Fsp3) is 1.00. The first-order valence-corrected chi connectivity index (χ1v) is 8.27. The molecule has 0 amide bonds. The zero-order chi connectivity index (χ0) is 14.1. The average Bonchev–Trinajstić information content (AvgIpc) is 2.45. The third-order valence-corrected chi connectivity index (χ3v) is 5.54. The van der Waals surface area contributed by atoms with Gasteiger partial charge in [-0.15, -0.1) is 0 Å². The summed E-state index contributed by atoms with van der Waals surface area (Å²) in [4.78, 5) is 0. The van der Waals surface area contributed by atoms with E-state index < -0.39 is 0 Å². The van der Waals surface area contributed by atoms with Crippen molar-refractivity contribution in [1.29, 1.82) is 0 Å². The van der Waals surface area contributed by atoms with Gasteiger partial charge in [0.05, 0.1) is 52.4 Å². The van der Waals surface area contributed by atoms with Gasteiger partial charge in [-0.2, -0.15) is 0 Å². The van der Waals surface area contributed by atoms with E-state index in [9.17, 15) is 0 Å². The molecule has 0 spiro atoms. The Bertz CT molecular complexity index is 160. The minimum atomic E-state index is 0. The van der Waals surface area contributed by atoms with Gasteiger partial charge in [0.15, 0.2) is 0 Å². The Morgan fingerprint density at radius 3 is 0.842 bits per heavy atom. The summed E-state index contributed by atoms with van der Waals surface area (Å²) in [5, 5.41) is 0. The molecule has 0 aliphatic carbocycles. The number of quaternary nitrogens is 2. The van der Waals surface area contributed by atoms with Crippen LogP contribution in [0.2, 0.25) is 0 Å². The second-order valence-electron chi connectivity index (χ2n) is 5.73. The molecule has 0 aliphatic rings. The summed E-state index contributed by atoms with van der Waals surface area (Å²) in [6.45, 7) is 24.6. The molecule has 0 atom stereocenters. The zero-order valence-electron chi connectivity index (χ0n) is 14.3. The highest BCUT2D eigenvalue weighted by Gasteiger charge is 2.23. The maximum absolute atomic E-state index is 2.34. The zero-order valence-corrected chi connectivity index (χ0v) is 15.9.